The first-order valence-electron chi connectivity index (χ1n) is 6.02. The van der Waals surface area contributed by atoms with E-state index < -0.39 is 23.8 Å². The Morgan fingerprint density at radius 3 is 2.35 bits per heavy atom. The van der Waals surface area contributed by atoms with Crippen molar-refractivity contribution in [3.8, 4) is 5.75 Å². The molecule has 0 aromatic heterocycles. The molecule has 1 heterocycles. The molecule has 0 spiro atoms. The van der Waals surface area contributed by atoms with E-state index in [1.807, 2.05) is 0 Å². The van der Waals surface area contributed by atoms with Crippen LogP contribution in [0.4, 0.5) is 5.69 Å². The Bertz CT molecular complexity index is 554. The highest BCUT2D eigenvalue weighted by Gasteiger charge is 2.37. The molecule has 0 aliphatic carbocycles. The second-order valence-electron chi connectivity index (χ2n) is 4.55. The fourth-order valence-electron chi connectivity index (χ4n) is 2.09. The van der Waals surface area contributed by atoms with Crippen molar-refractivity contribution < 1.29 is 24.6 Å². The van der Waals surface area contributed by atoms with E-state index in [1.54, 1.807) is 12.1 Å². The Balaban J connectivity index is 2.20. The van der Waals surface area contributed by atoms with Crippen molar-refractivity contribution in [1.29, 1.82) is 0 Å². The molecule has 1 saturated heterocycles. The van der Waals surface area contributed by atoms with Gasteiger partial charge in [-0.15, -0.1) is 0 Å². The van der Waals surface area contributed by atoms with Crippen molar-refractivity contribution in [3.63, 3.8) is 0 Å². The number of carboxylic acids is 1. The predicted molar refractivity (Wildman–Crippen MR) is 69.3 cm³/mol. The van der Waals surface area contributed by atoms with Gasteiger partial charge in [-0.05, 0) is 19.1 Å². The van der Waals surface area contributed by atoms with Gasteiger partial charge in [-0.3, -0.25) is 14.5 Å². The van der Waals surface area contributed by atoms with E-state index in [0.717, 1.165) is 4.90 Å². The second-order valence-corrected chi connectivity index (χ2v) is 4.55. The highest BCUT2D eigenvalue weighted by atomic mass is 16.4. The molecule has 1 unspecified atom stereocenters. The summed E-state index contributed by atoms with van der Waals surface area (Å²) in [5.41, 5.74) is 0.536. The third kappa shape index (κ3) is 2.56. The minimum absolute atomic E-state index is 0.0312. The standard InChI is InChI=1S/C13H14N2O5/c1-8(13(19)20)15-11(17)6-14(7-12(15)18)9-3-2-4-10(16)5-9/h2-5,8,16H,6-7H2,1H3,(H,19,20). The lowest BCUT2D eigenvalue weighted by Crippen LogP contribution is -2.58. The average molecular weight is 278 g/mol. The van der Waals surface area contributed by atoms with Gasteiger partial charge in [-0.1, -0.05) is 6.07 Å². The van der Waals surface area contributed by atoms with Gasteiger partial charge in [0.2, 0.25) is 11.8 Å². The van der Waals surface area contributed by atoms with Gasteiger partial charge in [-0.25, -0.2) is 4.79 Å². The SMILES string of the molecule is CC(C(=O)O)N1C(=O)CN(c2cccc(O)c2)CC1=O. The molecule has 2 N–H and O–H groups in total. The fourth-order valence-corrected chi connectivity index (χ4v) is 2.09. The Morgan fingerprint density at radius 2 is 1.85 bits per heavy atom. The topological polar surface area (TPSA) is 98.2 Å². The van der Waals surface area contributed by atoms with Crippen LogP contribution in [0.3, 0.4) is 0 Å². The quantitative estimate of drug-likeness (QED) is 0.758. The van der Waals surface area contributed by atoms with E-state index in [0.29, 0.717) is 5.69 Å². The molecule has 1 aliphatic heterocycles. The molecule has 1 aromatic rings. The number of carboxylic acid groups (broad SMARTS) is 1. The summed E-state index contributed by atoms with van der Waals surface area (Å²) in [6, 6.07) is 5.01. The first kappa shape index (κ1) is 13.9. The molecule has 2 rings (SSSR count). The second kappa shape index (κ2) is 5.20. The summed E-state index contributed by atoms with van der Waals surface area (Å²) < 4.78 is 0. The minimum atomic E-state index is -1.22. The van der Waals surface area contributed by atoms with Crippen molar-refractivity contribution in [2.24, 2.45) is 0 Å². The zero-order chi connectivity index (χ0) is 14.9. The van der Waals surface area contributed by atoms with Crippen LogP contribution in [0.2, 0.25) is 0 Å². The smallest absolute Gasteiger partial charge is 0.326 e. The molecule has 1 atom stereocenters. The van der Waals surface area contributed by atoms with Crippen LogP contribution in [0.15, 0.2) is 24.3 Å². The van der Waals surface area contributed by atoms with Gasteiger partial charge in [0.1, 0.15) is 11.8 Å². The predicted octanol–water partition coefficient (Wildman–Crippen LogP) is 0.0405. The van der Waals surface area contributed by atoms with Crippen molar-refractivity contribution in [3.05, 3.63) is 24.3 Å². The number of aromatic hydroxyl groups is 1. The number of hydrogen-bond acceptors (Lipinski definition) is 5. The van der Waals surface area contributed by atoms with E-state index in [-0.39, 0.29) is 18.8 Å². The van der Waals surface area contributed by atoms with E-state index >= 15 is 0 Å². The molecule has 7 heteroatoms. The van der Waals surface area contributed by atoms with Crippen LogP contribution in [0.25, 0.3) is 0 Å². The molecular weight excluding hydrogens is 264 g/mol. The van der Waals surface area contributed by atoms with Crippen LogP contribution in [0, 0.1) is 0 Å². The van der Waals surface area contributed by atoms with Crippen molar-refractivity contribution >= 4 is 23.5 Å². The lowest BCUT2D eigenvalue weighted by molar-refractivity contribution is -0.157. The number of anilines is 1. The van der Waals surface area contributed by atoms with Gasteiger partial charge < -0.3 is 15.1 Å². The lowest BCUT2D eigenvalue weighted by Gasteiger charge is -2.35. The molecule has 1 aliphatic rings. The molecule has 1 fully saturated rings. The van der Waals surface area contributed by atoms with Gasteiger partial charge in [0.15, 0.2) is 0 Å². The summed E-state index contributed by atoms with van der Waals surface area (Å²) in [7, 11) is 0. The molecule has 0 saturated carbocycles. The Labute approximate surface area is 115 Å². The number of carbonyl (C=O) groups excluding carboxylic acids is 2. The molecule has 0 bridgehead atoms. The zero-order valence-corrected chi connectivity index (χ0v) is 10.8. The number of hydrogen-bond donors (Lipinski definition) is 2. The van der Waals surface area contributed by atoms with Crippen LogP contribution in [0.1, 0.15) is 6.92 Å². The number of carbonyl (C=O) groups is 3. The summed E-state index contributed by atoms with van der Waals surface area (Å²) in [4.78, 5) is 37.1. The normalized spacial score (nSPS) is 17.2. The zero-order valence-electron chi connectivity index (χ0n) is 10.8. The molecule has 1 aromatic carbocycles. The number of aliphatic carboxylic acids is 1. The van der Waals surface area contributed by atoms with Crippen LogP contribution in [0.5, 0.6) is 5.75 Å². The number of piperazine rings is 1. The Hall–Kier alpha value is -2.57. The highest BCUT2D eigenvalue weighted by molar-refractivity contribution is 6.05. The maximum absolute atomic E-state index is 12.0. The molecular formula is C13H14N2O5. The number of benzene rings is 1. The number of phenols is 1. The number of nitrogens with zero attached hydrogens (tertiary/aromatic N) is 2. The van der Waals surface area contributed by atoms with Crippen LogP contribution >= 0.6 is 0 Å². The van der Waals surface area contributed by atoms with Gasteiger partial charge in [0.25, 0.3) is 0 Å². The van der Waals surface area contributed by atoms with Crippen molar-refractivity contribution in [1.82, 2.24) is 4.90 Å². The van der Waals surface area contributed by atoms with Crippen LogP contribution in [-0.4, -0.2) is 52.0 Å². The first-order chi connectivity index (χ1) is 9.40. The Kier molecular flexibility index (Phi) is 3.60. The molecule has 2 amide bonds. The van der Waals surface area contributed by atoms with Gasteiger partial charge >= 0.3 is 5.97 Å². The Morgan fingerprint density at radius 1 is 1.25 bits per heavy atom. The third-order valence-corrected chi connectivity index (χ3v) is 3.13. The summed E-state index contributed by atoms with van der Waals surface area (Å²) >= 11 is 0. The average Bonchev–Trinajstić information content (AvgIpc) is 2.37. The van der Waals surface area contributed by atoms with E-state index in [9.17, 15) is 19.5 Å². The monoisotopic (exact) mass is 278 g/mol. The maximum atomic E-state index is 12.0. The van der Waals surface area contributed by atoms with Crippen LogP contribution < -0.4 is 4.90 Å². The van der Waals surface area contributed by atoms with Gasteiger partial charge in [-0.2, -0.15) is 0 Å². The van der Waals surface area contributed by atoms with Crippen LogP contribution in [-0.2, 0) is 14.4 Å². The van der Waals surface area contributed by atoms with Crippen molar-refractivity contribution in [2.45, 2.75) is 13.0 Å². The molecule has 106 valence electrons. The third-order valence-electron chi connectivity index (χ3n) is 3.13. The highest BCUT2D eigenvalue weighted by Crippen LogP contribution is 2.22. The first-order valence-corrected chi connectivity index (χ1v) is 6.02. The van der Waals surface area contributed by atoms with E-state index in [2.05, 4.69) is 0 Å². The summed E-state index contributed by atoms with van der Waals surface area (Å²) in [5, 5.41) is 18.3. The summed E-state index contributed by atoms with van der Waals surface area (Å²) in [6.07, 6.45) is 0. The summed E-state index contributed by atoms with van der Waals surface area (Å²) in [6.45, 7) is 1.09. The van der Waals surface area contributed by atoms with Gasteiger partial charge in [0.05, 0.1) is 13.1 Å². The largest absolute Gasteiger partial charge is 0.508 e. The number of phenolic OH excluding ortho intramolecular Hbond substituents is 1. The summed E-state index contributed by atoms with van der Waals surface area (Å²) in [5.74, 6) is -2.33. The molecule has 20 heavy (non-hydrogen) atoms. The minimum Gasteiger partial charge on any atom is -0.508 e. The lowest BCUT2D eigenvalue weighted by atomic mass is 10.2. The fraction of sp³-hybridized carbons (Fsp3) is 0.308. The van der Waals surface area contributed by atoms with Gasteiger partial charge in [0, 0.05) is 11.8 Å². The number of imide groups is 1. The maximum Gasteiger partial charge on any atom is 0.326 e. The number of amides is 2. The van der Waals surface area contributed by atoms with Crippen molar-refractivity contribution in [2.75, 3.05) is 18.0 Å². The molecule has 0 radical (unpaired) electrons. The number of rotatable bonds is 3. The van der Waals surface area contributed by atoms with E-state index in [4.69, 9.17) is 5.11 Å². The van der Waals surface area contributed by atoms with E-state index in [1.165, 1.54) is 24.0 Å². The molecule has 7 nitrogen and oxygen atoms in total.